The third kappa shape index (κ3) is 4.14. The Bertz CT molecular complexity index is 3100. The molecular weight excluding hydrogens is 631 g/mol. The number of rotatable bonds is 3. The van der Waals surface area contributed by atoms with Crippen LogP contribution in [0, 0.1) is 0 Å². The van der Waals surface area contributed by atoms with Gasteiger partial charge in [-0.3, -0.25) is 4.57 Å². The normalized spacial score (nSPS) is 13.3. The zero-order valence-electron chi connectivity index (χ0n) is 28.9. The molecule has 0 bridgehead atoms. The number of nitrogens with zero attached hydrogens (tertiary/aromatic N) is 3. The van der Waals surface area contributed by atoms with Gasteiger partial charge in [0.1, 0.15) is 0 Å². The summed E-state index contributed by atoms with van der Waals surface area (Å²) in [7, 11) is 0. The topological polar surface area (TPSA) is 30.7 Å². The van der Waals surface area contributed by atoms with E-state index in [0.717, 1.165) is 33.2 Å². The highest BCUT2D eigenvalue weighted by Gasteiger charge is 2.36. The number of fused-ring (bicyclic) bond motifs is 10. The Labute approximate surface area is 301 Å². The van der Waals surface area contributed by atoms with Gasteiger partial charge in [0.15, 0.2) is 0 Å². The fourth-order valence-corrected chi connectivity index (χ4v) is 8.78. The van der Waals surface area contributed by atoms with E-state index >= 15 is 0 Å². The van der Waals surface area contributed by atoms with E-state index in [-0.39, 0.29) is 5.41 Å². The van der Waals surface area contributed by atoms with Crippen molar-refractivity contribution in [2.75, 3.05) is 0 Å². The summed E-state index contributed by atoms with van der Waals surface area (Å²) in [6.45, 7) is 4.69. The van der Waals surface area contributed by atoms with E-state index in [2.05, 4.69) is 182 Å². The molecule has 11 rings (SSSR count). The van der Waals surface area contributed by atoms with Crippen molar-refractivity contribution in [2.24, 2.45) is 0 Å². The minimum absolute atomic E-state index is 0.0635. The van der Waals surface area contributed by atoms with Gasteiger partial charge in [-0.15, -0.1) is 0 Å². The van der Waals surface area contributed by atoms with Gasteiger partial charge in [-0.2, -0.15) is 0 Å². The third-order valence-electron chi connectivity index (χ3n) is 11.4. The van der Waals surface area contributed by atoms with Gasteiger partial charge in [-0.25, -0.2) is 9.97 Å². The first-order valence-electron chi connectivity index (χ1n) is 18.0. The fourth-order valence-electron chi connectivity index (χ4n) is 8.78. The Kier molecular flexibility index (Phi) is 6.01. The molecule has 0 atom stereocenters. The van der Waals surface area contributed by atoms with Crippen LogP contribution in [0.1, 0.15) is 25.0 Å². The van der Waals surface area contributed by atoms with Crippen LogP contribution in [-0.2, 0) is 5.41 Å². The molecule has 0 fully saturated rings. The van der Waals surface area contributed by atoms with Crippen LogP contribution in [0.4, 0.5) is 0 Å². The lowest BCUT2D eigenvalue weighted by atomic mass is 9.82. The van der Waals surface area contributed by atoms with Crippen molar-refractivity contribution in [2.45, 2.75) is 19.3 Å². The molecule has 0 unspecified atom stereocenters. The van der Waals surface area contributed by atoms with Crippen LogP contribution in [0.15, 0.2) is 164 Å². The summed E-state index contributed by atoms with van der Waals surface area (Å²) in [5.41, 5.74) is 12.9. The maximum atomic E-state index is 5.50. The highest BCUT2D eigenvalue weighted by Crippen LogP contribution is 2.51. The highest BCUT2D eigenvalue weighted by atomic mass is 15.2. The van der Waals surface area contributed by atoms with Crippen LogP contribution in [-0.4, -0.2) is 14.5 Å². The quantitative estimate of drug-likeness (QED) is 0.188. The first kappa shape index (κ1) is 29.2. The van der Waals surface area contributed by atoms with E-state index in [1.54, 1.807) is 0 Å². The maximum absolute atomic E-state index is 5.50. The molecule has 0 radical (unpaired) electrons. The van der Waals surface area contributed by atoms with Crippen molar-refractivity contribution in [3.05, 3.63) is 175 Å². The summed E-state index contributed by atoms with van der Waals surface area (Å²) in [5, 5.41) is 8.31. The Morgan fingerprint density at radius 1 is 0.442 bits per heavy atom. The molecule has 0 aliphatic heterocycles. The molecule has 244 valence electrons. The Hall–Kier alpha value is -6.58. The predicted octanol–water partition coefficient (Wildman–Crippen LogP) is 12.7. The molecule has 0 spiro atoms. The summed E-state index contributed by atoms with van der Waals surface area (Å²) in [5.74, 6) is 0.668. The fraction of sp³-hybridized carbons (Fsp3) is 0.0612. The van der Waals surface area contributed by atoms with Crippen molar-refractivity contribution in [1.82, 2.24) is 14.5 Å². The number of benzene rings is 8. The van der Waals surface area contributed by atoms with E-state index < -0.39 is 0 Å². The number of hydrogen-bond donors (Lipinski definition) is 0. The zero-order chi connectivity index (χ0) is 34.6. The molecular formula is C49H33N3. The Morgan fingerprint density at radius 2 is 1.13 bits per heavy atom. The number of aromatic nitrogens is 3. The summed E-state index contributed by atoms with van der Waals surface area (Å²) in [6.07, 6.45) is 0. The summed E-state index contributed by atoms with van der Waals surface area (Å²) < 4.78 is 2.26. The van der Waals surface area contributed by atoms with E-state index in [0.29, 0.717) is 5.95 Å². The highest BCUT2D eigenvalue weighted by molar-refractivity contribution is 6.14. The van der Waals surface area contributed by atoms with E-state index in [1.807, 2.05) is 0 Å². The molecule has 1 aliphatic carbocycles. The van der Waals surface area contributed by atoms with Crippen LogP contribution in [0.2, 0.25) is 0 Å². The molecule has 2 heterocycles. The molecule has 10 aromatic rings. The third-order valence-corrected chi connectivity index (χ3v) is 11.4. The lowest BCUT2D eigenvalue weighted by Crippen LogP contribution is -2.14. The van der Waals surface area contributed by atoms with E-state index in [9.17, 15) is 0 Å². The average molecular weight is 664 g/mol. The molecule has 1 aliphatic rings. The van der Waals surface area contributed by atoms with Crippen molar-refractivity contribution < 1.29 is 0 Å². The lowest BCUT2D eigenvalue weighted by Gasteiger charge is -2.21. The molecule has 52 heavy (non-hydrogen) atoms. The minimum atomic E-state index is -0.0635. The van der Waals surface area contributed by atoms with E-state index in [1.165, 1.54) is 65.7 Å². The van der Waals surface area contributed by atoms with E-state index in [4.69, 9.17) is 9.97 Å². The van der Waals surface area contributed by atoms with Gasteiger partial charge in [0, 0.05) is 27.1 Å². The van der Waals surface area contributed by atoms with Gasteiger partial charge < -0.3 is 0 Å². The van der Waals surface area contributed by atoms with Crippen molar-refractivity contribution in [1.29, 1.82) is 0 Å². The zero-order valence-corrected chi connectivity index (χ0v) is 28.9. The van der Waals surface area contributed by atoms with Crippen molar-refractivity contribution in [3.63, 3.8) is 0 Å². The van der Waals surface area contributed by atoms with Crippen LogP contribution < -0.4 is 0 Å². The lowest BCUT2D eigenvalue weighted by molar-refractivity contribution is 0.661. The molecule has 0 saturated heterocycles. The van der Waals surface area contributed by atoms with Gasteiger partial charge in [0.05, 0.1) is 22.2 Å². The second-order valence-corrected chi connectivity index (χ2v) is 14.6. The Balaban J connectivity index is 1.19. The van der Waals surface area contributed by atoms with Crippen LogP contribution >= 0.6 is 0 Å². The summed E-state index contributed by atoms with van der Waals surface area (Å²) >= 11 is 0. The molecule has 8 aromatic carbocycles. The SMILES string of the molecule is CC1(C)c2ccccc2-c2c1ccc1ccc(-c3nc(-n4c5ccc(-c6ccccc6)cc5c5cc6ccccc6cc54)nc4ccccc34)cc21. The van der Waals surface area contributed by atoms with Gasteiger partial charge in [-0.1, -0.05) is 141 Å². The molecule has 0 saturated carbocycles. The van der Waals surface area contributed by atoms with Crippen LogP contribution in [0.3, 0.4) is 0 Å². The van der Waals surface area contributed by atoms with Gasteiger partial charge in [0.2, 0.25) is 5.95 Å². The first-order chi connectivity index (χ1) is 25.5. The maximum Gasteiger partial charge on any atom is 0.235 e. The molecule has 3 heteroatoms. The second-order valence-electron chi connectivity index (χ2n) is 14.6. The Morgan fingerprint density at radius 3 is 2.02 bits per heavy atom. The molecule has 3 nitrogen and oxygen atoms in total. The monoisotopic (exact) mass is 663 g/mol. The van der Waals surface area contributed by atoms with Gasteiger partial charge in [0.25, 0.3) is 0 Å². The molecule has 0 N–H and O–H groups in total. The largest absolute Gasteiger partial charge is 0.278 e. The molecule has 0 amide bonds. The standard InChI is InChI=1S/C49H33N3/c1-49(2)41-18-10-8-16-36(41)46-38-28-35(21-20-31(38)22-24-42(46)49)47-37-17-9-11-19-43(37)50-48(51-47)52-44-25-23-34(30-12-4-3-5-13-30)27-39(44)40-26-32-14-6-7-15-33(32)29-45(40)52/h3-29H,1-2H3. The molecule has 2 aromatic heterocycles. The second kappa shape index (κ2) is 10.7. The van der Waals surface area contributed by atoms with Gasteiger partial charge in [-0.05, 0) is 91.3 Å². The summed E-state index contributed by atoms with van der Waals surface area (Å²) in [6, 6.07) is 59.4. The van der Waals surface area contributed by atoms with Gasteiger partial charge >= 0.3 is 0 Å². The number of para-hydroxylation sites is 1. The predicted molar refractivity (Wildman–Crippen MR) is 217 cm³/mol. The van der Waals surface area contributed by atoms with Crippen LogP contribution in [0.25, 0.3) is 93.7 Å². The van der Waals surface area contributed by atoms with Crippen LogP contribution in [0.5, 0.6) is 0 Å². The average Bonchev–Trinajstić information content (AvgIpc) is 3.64. The minimum Gasteiger partial charge on any atom is -0.278 e. The number of hydrogen-bond acceptors (Lipinski definition) is 2. The van der Waals surface area contributed by atoms with Crippen molar-refractivity contribution >= 4 is 54.3 Å². The van der Waals surface area contributed by atoms with Crippen molar-refractivity contribution in [3.8, 4) is 39.5 Å². The smallest absolute Gasteiger partial charge is 0.235 e. The first-order valence-corrected chi connectivity index (χ1v) is 18.0. The summed E-state index contributed by atoms with van der Waals surface area (Å²) in [4.78, 5) is 10.8.